The molecule has 0 fully saturated rings. The quantitative estimate of drug-likeness (QED) is 0.451. The molecule has 1 aromatic carbocycles. The third-order valence-corrected chi connectivity index (χ3v) is 1.92. The van der Waals surface area contributed by atoms with Gasteiger partial charge in [0.1, 0.15) is 6.61 Å². The molecule has 0 amide bonds. The van der Waals surface area contributed by atoms with Crippen molar-refractivity contribution in [2.75, 3.05) is 6.61 Å². The number of benzene rings is 1. The van der Waals surface area contributed by atoms with Crippen LogP contribution in [0.3, 0.4) is 0 Å². The minimum absolute atomic E-state index is 0.0797. The van der Waals surface area contributed by atoms with Gasteiger partial charge in [-0.05, 0) is 13.0 Å². The molecule has 0 aromatic heterocycles. The second-order valence-electron chi connectivity index (χ2n) is 2.75. The molecule has 0 saturated heterocycles. The Morgan fingerprint density at radius 1 is 1.60 bits per heavy atom. The SMILES string of the molecule is CC=CCOc1cc(Cl)ccc1[N+](=O)[O-]. The molecule has 0 atom stereocenters. The van der Waals surface area contributed by atoms with E-state index in [1.165, 1.54) is 18.2 Å². The van der Waals surface area contributed by atoms with Gasteiger partial charge in [0.2, 0.25) is 0 Å². The van der Waals surface area contributed by atoms with Crippen LogP contribution in [0.1, 0.15) is 6.92 Å². The molecule has 0 unspecified atom stereocenters. The minimum atomic E-state index is -0.499. The molecule has 80 valence electrons. The molecule has 0 aliphatic heterocycles. The van der Waals surface area contributed by atoms with E-state index in [2.05, 4.69) is 0 Å². The molecule has 0 heterocycles. The second kappa shape index (κ2) is 5.36. The Balaban J connectivity index is 2.91. The van der Waals surface area contributed by atoms with Gasteiger partial charge in [-0.25, -0.2) is 0 Å². The summed E-state index contributed by atoms with van der Waals surface area (Å²) in [6.45, 7) is 2.13. The summed E-state index contributed by atoms with van der Waals surface area (Å²) in [6, 6.07) is 4.22. The fraction of sp³-hybridized carbons (Fsp3) is 0.200. The first-order chi connectivity index (χ1) is 7.15. The molecule has 0 bridgehead atoms. The molecular formula is C10H10ClNO3. The topological polar surface area (TPSA) is 52.4 Å². The number of hydrogen-bond acceptors (Lipinski definition) is 3. The lowest BCUT2D eigenvalue weighted by molar-refractivity contribution is -0.385. The van der Waals surface area contributed by atoms with E-state index in [-0.39, 0.29) is 18.0 Å². The molecule has 0 aliphatic carbocycles. The lowest BCUT2D eigenvalue weighted by atomic mass is 10.3. The number of nitrogens with zero attached hydrogens (tertiary/aromatic N) is 1. The summed E-state index contributed by atoms with van der Waals surface area (Å²) in [4.78, 5) is 10.1. The summed E-state index contributed by atoms with van der Waals surface area (Å²) in [7, 11) is 0. The molecule has 0 N–H and O–H groups in total. The van der Waals surface area contributed by atoms with E-state index in [0.717, 1.165) is 0 Å². The standard InChI is InChI=1S/C10H10ClNO3/c1-2-3-6-15-10-7-8(11)4-5-9(10)12(13)14/h2-5,7H,6H2,1H3. The third kappa shape index (κ3) is 3.25. The van der Waals surface area contributed by atoms with Gasteiger partial charge >= 0.3 is 5.69 Å². The van der Waals surface area contributed by atoms with Gasteiger partial charge in [-0.15, -0.1) is 0 Å². The van der Waals surface area contributed by atoms with Crippen molar-refractivity contribution in [1.82, 2.24) is 0 Å². The minimum Gasteiger partial charge on any atom is -0.483 e. The van der Waals surface area contributed by atoms with Gasteiger partial charge in [0.25, 0.3) is 0 Å². The highest BCUT2D eigenvalue weighted by Gasteiger charge is 2.14. The maximum atomic E-state index is 10.6. The molecule has 0 saturated carbocycles. The van der Waals surface area contributed by atoms with Gasteiger partial charge in [-0.1, -0.05) is 23.8 Å². The molecular weight excluding hydrogens is 218 g/mol. The number of halogens is 1. The Morgan fingerprint density at radius 3 is 2.93 bits per heavy atom. The number of nitro groups is 1. The summed E-state index contributed by atoms with van der Waals surface area (Å²) in [5.41, 5.74) is -0.0797. The highest BCUT2D eigenvalue weighted by atomic mass is 35.5. The first-order valence-corrected chi connectivity index (χ1v) is 4.71. The van der Waals surface area contributed by atoms with Crippen LogP contribution < -0.4 is 4.74 Å². The van der Waals surface area contributed by atoms with Crippen molar-refractivity contribution in [3.63, 3.8) is 0 Å². The second-order valence-corrected chi connectivity index (χ2v) is 3.19. The molecule has 0 aliphatic rings. The lowest BCUT2D eigenvalue weighted by Gasteiger charge is -2.04. The Kier molecular flexibility index (Phi) is 4.12. The van der Waals surface area contributed by atoms with Crippen LogP contribution in [0.15, 0.2) is 30.4 Å². The highest BCUT2D eigenvalue weighted by Crippen LogP contribution is 2.29. The predicted molar refractivity (Wildman–Crippen MR) is 58.4 cm³/mol. The number of rotatable bonds is 4. The van der Waals surface area contributed by atoms with Crippen molar-refractivity contribution in [3.8, 4) is 5.75 Å². The van der Waals surface area contributed by atoms with Gasteiger partial charge in [0, 0.05) is 17.2 Å². The number of allylic oxidation sites excluding steroid dienone is 1. The fourth-order valence-corrected chi connectivity index (χ4v) is 1.15. The van der Waals surface area contributed by atoms with E-state index < -0.39 is 4.92 Å². The van der Waals surface area contributed by atoms with Crippen molar-refractivity contribution >= 4 is 17.3 Å². The van der Waals surface area contributed by atoms with E-state index in [0.29, 0.717) is 5.02 Å². The van der Waals surface area contributed by atoms with Gasteiger partial charge in [0.15, 0.2) is 5.75 Å². The smallest absolute Gasteiger partial charge is 0.311 e. The molecule has 1 rings (SSSR count). The Morgan fingerprint density at radius 2 is 2.33 bits per heavy atom. The van der Waals surface area contributed by atoms with Gasteiger partial charge < -0.3 is 4.74 Å². The zero-order chi connectivity index (χ0) is 11.3. The Hall–Kier alpha value is -1.55. The zero-order valence-corrected chi connectivity index (χ0v) is 8.90. The zero-order valence-electron chi connectivity index (χ0n) is 8.14. The average Bonchev–Trinajstić information content (AvgIpc) is 2.18. The van der Waals surface area contributed by atoms with E-state index in [4.69, 9.17) is 16.3 Å². The average molecular weight is 228 g/mol. The number of hydrogen-bond donors (Lipinski definition) is 0. The lowest BCUT2D eigenvalue weighted by Crippen LogP contribution is -1.98. The highest BCUT2D eigenvalue weighted by molar-refractivity contribution is 6.30. The van der Waals surface area contributed by atoms with E-state index in [1.54, 1.807) is 12.2 Å². The maximum absolute atomic E-state index is 10.6. The first kappa shape index (κ1) is 11.5. The third-order valence-electron chi connectivity index (χ3n) is 1.69. The van der Waals surface area contributed by atoms with Crippen LogP contribution in [-0.4, -0.2) is 11.5 Å². The summed E-state index contributed by atoms with van der Waals surface area (Å²) >= 11 is 5.71. The van der Waals surface area contributed by atoms with Crippen LogP contribution in [0, 0.1) is 10.1 Å². The van der Waals surface area contributed by atoms with E-state index in [9.17, 15) is 10.1 Å². The fourth-order valence-electron chi connectivity index (χ4n) is 0.989. The molecule has 1 aromatic rings. The Labute approximate surface area is 92.3 Å². The Bertz CT molecular complexity index is 390. The first-order valence-electron chi connectivity index (χ1n) is 4.33. The van der Waals surface area contributed by atoms with Crippen LogP contribution in [0.5, 0.6) is 5.75 Å². The molecule has 0 spiro atoms. The van der Waals surface area contributed by atoms with Crippen LogP contribution in [0.2, 0.25) is 5.02 Å². The van der Waals surface area contributed by atoms with Crippen molar-refractivity contribution < 1.29 is 9.66 Å². The predicted octanol–water partition coefficient (Wildman–Crippen LogP) is 3.20. The van der Waals surface area contributed by atoms with Crippen molar-refractivity contribution in [3.05, 3.63) is 45.5 Å². The summed E-state index contributed by atoms with van der Waals surface area (Å²) in [5, 5.41) is 11.0. The van der Waals surface area contributed by atoms with E-state index in [1.807, 2.05) is 6.92 Å². The normalized spacial score (nSPS) is 10.5. The van der Waals surface area contributed by atoms with Crippen molar-refractivity contribution in [2.24, 2.45) is 0 Å². The molecule has 4 nitrogen and oxygen atoms in total. The van der Waals surface area contributed by atoms with Crippen LogP contribution in [0.25, 0.3) is 0 Å². The van der Waals surface area contributed by atoms with Crippen LogP contribution in [0.4, 0.5) is 5.69 Å². The summed E-state index contributed by atoms with van der Waals surface area (Å²) < 4.78 is 5.21. The largest absolute Gasteiger partial charge is 0.483 e. The monoisotopic (exact) mass is 227 g/mol. The van der Waals surface area contributed by atoms with Gasteiger partial charge in [-0.3, -0.25) is 10.1 Å². The van der Waals surface area contributed by atoms with Gasteiger partial charge in [-0.2, -0.15) is 0 Å². The van der Waals surface area contributed by atoms with Gasteiger partial charge in [0.05, 0.1) is 4.92 Å². The van der Waals surface area contributed by atoms with E-state index >= 15 is 0 Å². The summed E-state index contributed by atoms with van der Waals surface area (Å²) in [6.07, 6.45) is 3.56. The van der Waals surface area contributed by atoms with Crippen LogP contribution in [-0.2, 0) is 0 Å². The molecule has 15 heavy (non-hydrogen) atoms. The van der Waals surface area contributed by atoms with Crippen molar-refractivity contribution in [2.45, 2.75) is 6.92 Å². The summed E-state index contributed by atoms with van der Waals surface area (Å²) in [5.74, 6) is 0.186. The van der Waals surface area contributed by atoms with Crippen LogP contribution >= 0.6 is 11.6 Å². The molecule has 5 heteroatoms. The number of nitro benzene ring substituents is 1. The maximum Gasteiger partial charge on any atom is 0.311 e. The number of ether oxygens (including phenoxy) is 1. The molecule has 0 radical (unpaired) electrons. The van der Waals surface area contributed by atoms with Crippen molar-refractivity contribution in [1.29, 1.82) is 0 Å².